The Morgan fingerprint density at radius 1 is 0.656 bits per heavy atom. The molecule has 0 fully saturated rings. The van der Waals surface area contributed by atoms with Gasteiger partial charge in [-0.3, -0.25) is 9.44 Å². The van der Waals surface area contributed by atoms with Crippen LogP contribution in [0.3, 0.4) is 0 Å². The molecule has 0 aliphatic rings. The molecule has 0 heterocycles. The lowest BCUT2D eigenvalue weighted by molar-refractivity contribution is 0.566. The highest BCUT2D eigenvalue weighted by atomic mass is 32.2. The predicted molar refractivity (Wildman–Crippen MR) is 130 cm³/mol. The predicted octanol–water partition coefficient (Wildman–Crippen LogP) is 4.64. The molecule has 3 N–H and O–H groups in total. The zero-order valence-corrected chi connectivity index (χ0v) is 19.8. The van der Waals surface area contributed by atoms with E-state index in [4.69, 9.17) is 0 Å². The van der Waals surface area contributed by atoms with E-state index in [0.29, 0.717) is 17.9 Å². The maximum absolute atomic E-state index is 12.4. The molecular weight excluding hydrogens is 446 g/mol. The Labute approximate surface area is 190 Å². The normalized spacial score (nSPS) is 12.2. The van der Waals surface area contributed by atoms with Crippen molar-refractivity contribution in [2.45, 2.75) is 37.0 Å². The molecule has 9 heteroatoms. The van der Waals surface area contributed by atoms with E-state index in [9.17, 15) is 16.8 Å². The Kier molecular flexibility index (Phi) is 6.80. The van der Waals surface area contributed by atoms with Crippen LogP contribution in [0.5, 0.6) is 0 Å². The van der Waals surface area contributed by atoms with E-state index >= 15 is 0 Å². The summed E-state index contributed by atoms with van der Waals surface area (Å²) in [6.45, 7) is 5.46. The van der Waals surface area contributed by atoms with Crippen LogP contribution < -0.4 is 14.8 Å². The van der Waals surface area contributed by atoms with Gasteiger partial charge in [-0.05, 0) is 74.9 Å². The average Bonchev–Trinajstić information content (AvgIpc) is 2.74. The number of hydrogen-bond donors (Lipinski definition) is 3. The first-order chi connectivity index (χ1) is 15.0. The lowest BCUT2D eigenvalue weighted by Gasteiger charge is -2.20. The Bertz CT molecular complexity index is 1250. The second kappa shape index (κ2) is 9.22. The summed E-state index contributed by atoms with van der Waals surface area (Å²) in [5.41, 5.74) is 2.77. The summed E-state index contributed by atoms with van der Waals surface area (Å²) in [6.07, 6.45) is 0. The van der Waals surface area contributed by atoms with Crippen molar-refractivity contribution in [3.05, 3.63) is 84.4 Å². The summed E-state index contributed by atoms with van der Waals surface area (Å²) in [4.78, 5) is 0.204. The molecule has 0 bridgehead atoms. The van der Waals surface area contributed by atoms with Crippen LogP contribution in [0.1, 0.15) is 26.3 Å². The molecule has 0 radical (unpaired) electrons. The van der Waals surface area contributed by atoms with E-state index in [2.05, 4.69) is 14.8 Å². The van der Waals surface area contributed by atoms with Gasteiger partial charge in [0.25, 0.3) is 10.0 Å². The van der Waals surface area contributed by atoms with Gasteiger partial charge in [0.2, 0.25) is 10.0 Å². The first-order valence-corrected chi connectivity index (χ1v) is 13.0. The summed E-state index contributed by atoms with van der Waals surface area (Å²) in [5.74, 6) is 0. The number of rotatable bonds is 8. The maximum atomic E-state index is 12.4. The van der Waals surface area contributed by atoms with E-state index in [1.165, 1.54) is 12.1 Å². The van der Waals surface area contributed by atoms with Gasteiger partial charge >= 0.3 is 0 Å². The minimum atomic E-state index is -3.63. The molecule has 32 heavy (non-hydrogen) atoms. The summed E-state index contributed by atoms with van der Waals surface area (Å²) in [7, 11) is -7.10. The molecule has 0 spiro atoms. The molecule has 0 aromatic heterocycles. The van der Waals surface area contributed by atoms with Gasteiger partial charge in [0.1, 0.15) is 0 Å². The van der Waals surface area contributed by atoms with Crippen molar-refractivity contribution in [1.29, 1.82) is 0 Å². The lowest BCUT2D eigenvalue weighted by atomic mass is 10.2. The van der Waals surface area contributed by atoms with Crippen LogP contribution in [0.2, 0.25) is 0 Å². The first-order valence-electron chi connectivity index (χ1n) is 9.99. The monoisotopic (exact) mass is 473 g/mol. The van der Waals surface area contributed by atoms with Crippen molar-refractivity contribution in [1.82, 2.24) is 0 Å². The molecular formula is C23H27N3O4S2. The third kappa shape index (κ3) is 6.02. The molecule has 0 unspecified atom stereocenters. The van der Waals surface area contributed by atoms with Gasteiger partial charge in [0.15, 0.2) is 0 Å². The van der Waals surface area contributed by atoms with Crippen molar-refractivity contribution in [2.24, 2.45) is 0 Å². The third-order valence-corrected chi connectivity index (χ3v) is 8.21. The number of hydrogen-bond acceptors (Lipinski definition) is 5. The Balaban J connectivity index is 1.57. The highest BCUT2D eigenvalue weighted by Gasteiger charge is 2.28. The Hall–Kier alpha value is -3.04. The number of sulfonamides is 2. The number of nitrogens with one attached hydrogen (secondary N) is 3. The second-order valence-corrected chi connectivity index (χ2v) is 12.4. The van der Waals surface area contributed by atoms with Crippen LogP contribution in [0.4, 0.5) is 17.1 Å². The molecule has 0 aliphatic heterocycles. The van der Waals surface area contributed by atoms with E-state index in [0.717, 1.165) is 11.3 Å². The quantitative estimate of drug-likeness (QED) is 0.442. The van der Waals surface area contributed by atoms with E-state index in [1.54, 1.807) is 75.4 Å². The van der Waals surface area contributed by atoms with Crippen molar-refractivity contribution in [3.63, 3.8) is 0 Å². The lowest BCUT2D eigenvalue weighted by Crippen LogP contribution is -2.33. The van der Waals surface area contributed by atoms with Gasteiger partial charge in [0.05, 0.1) is 9.64 Å². The largest absolute Gasteiger partial charge is 0.381 e. The molecule has 3 aromatic carbocycles. The summed E-state index contributed by atoms with van der Waals surface area (Å²) >= 11 is 0. The molecule has 3 rings (SSSR count). The van der Waals surface area contributed by atoms with Gasteiger partial charge in [-0.2, -0.15) is 0 Å². The Morgan fingerprint density at radius 2 is 1.16 bits per heavy atom. The van der Waals surface area contributed by atoms with E-state index in [-0.39, 0.29) is 4.90 Å². The van der Waals surface area contributed by atoms with Crippen LogP contribution in [0, 0.1) is 0 Å². The topological polar surface area (TPSA) is 104 Å². The third-order valence-electron chi connectivity index (χ3n) is 4.70. The number of benzene rings is 3. The van der Waals surface area contributed by atoms with E-state index < -0.39 is 24.8 Å². The van der Waals surface area contributed by atoms with Crippen LogP contribution in [0.15, 0.2) is 83.8 Å². The standard InChI is InChI=1S/C23H27N3O4S2/c1-23(2,3)32(29,30)26-21-11-9-18(10-12-21)17-24-19-13-15-20(16-14-19)25-31(27,28)22-7-5-4-6-8-22/h4-16,24-26H,17H2,1-3H3. The highest BCUT2D eigenvalue weighted by Crippen LogP contribution is 2.21. The molecule has 0 atom stereocenters. The van der Waals surface area contributed by atoms with Crippen LogP contribution in [-0.4, -0.2) is 21.6 Å². The average molecular weight is 474 g/mol. The van der Waals surface area contributed by atoms with Crippen molar-refractivity contribution < 1.29 is 16.8 Å². The molecule has 0 saturated heterocycles. The van der Waals surface area contributed by atoms with Crippen molar-refractivity contribution in [3.8, 4) is 0 Å². The molecule has 0 aliphatic carbocycles. The van der Waals surface area contributed by atoms with Gasteiger partial charge < -0.3 is 5.32 Å². The second-order valence-electron chi connectivity index (χ2n) is 8.26. The minimum Gasteiger partial charge on any atom is -0.381 e. The minimum absolute atomic E-state index is 0.204. The molecule has 170 valence electrons. The van der Waals surface area contributed by atoms with Gasteiger partial charge in [-0.1, -0.05) is 30.3 Å². The van der Waals surface area contributed by atoms with E-state index in [1.807, 2.05) is 12.1 Å². The van der Waals surface area contributed by atoms with Crippen LogP contribution in [-0.2, 0) is 26.6 Å². The smallest absolute Gasteiger partial charge is 0.261 e. The summed E-state index contributed by atoms with van der Waals surface area (Å²) in [6, 6.07) is 22.3. The van der Waals surface area contributed by atoms with Gasteiger partial charge in [0, 0.05) is 23.6 Å². The Morgan fingerprint density at radius 3 is 1.72 bits per heavy atom. The summed E-state index contributed by atoms with van der Waals surface area (Å²) in [5, 5.41) is 3.26. The van der Waals surface area contributed by atoms with Gasteiger partial charge in [-0.15, -0.1) is 0 Å². The van der Waals surface area contributed by atoms with Crippen LogP contribution in [0.25, 0.3) is 0 Å². The summed E-state index contributed by atoms with van der Waals surface area (Å²) < 4.78 is 53.5. The molecule has 3 aromatic rings. The zero-order chi connectivity index (χ0) is 23.4. The molecule has 7 nitrogen and oxygen atoms in total. The fraction of sp³-hybridized carbons (Fsp3) is 0.217. The van der Waals surface area contributed by atoms with Crippen molar-refractivity contribution >= 4 is 37.1 Å². The van der Waals surface area contributed by atoms with Crippen LogP contribution >= 0.6 is 0 Å². The van der Waals surface area contributed by atoms with Crippen molar-refractivity contribution in [2.75, 3.05) is 14.8 Å². The van der Waals surface area contributed by atoms with Gasteiger partial charge in [-0.25, -0.2) is 16.8 Å². The molecule has 0 saturated carbocycles. The highest BCUT2D eigenvalue weighted by molar-refractivity contribution is 7.94. The SMILES string of the molecule is CC(C)(C)S(=O)(=O)Nc1ccc(CNc2ccc(NS(=O)(=O)c3ccccc3)cc2)cc1. The molecule has 0 amide bonds. The zero-order valence-electron chi connectivity index (χ0n) is 18.2. The fourth-order valence-electron chi connectivity index (χ4n) is 2.67. The maximum Gasteiger partial charge on any atom is 0.261 e. The fourth-order valence-corrected chi connectivity index (χ4v) is 4.51. The number of anilines is 3. The first kappa shape index (κ1) is 23.6.